The van der Waals surface area contributed by atoms with Crippen molar-refractivity contribution in [3.63, 3.8) is 0 Å². The van der Waals surface area contributed by atoms with Gasteiger partial charge in [0.25, 0.3) is 15.9 Å². The van der Waals surface area contributed by atoms with Gasteiger partial charge >= 0.3 is 0 Å². The van der Waals surface area contributed by atoms with E-state index in [1.165, 1.54) is 28.8 Å². The maximum absolute atomic E-state index is 13.3. The zero-order chi connectivity index (χ0) is 22.0. The van der Waals surface area contributed by atoms with Gasteiger partial charge in [-0.05, 0) is 42.4 Å². The Kier molecular flexibility index (Phi) is 6.42. The van der Waals surface area contributed by atoms with Crippen LogP contribution in [0.1, 0.15) is 6.42 Å². The number of hydrogen-bond acceptors (Lipinski definition) is 7. The van der Waals surface area contributed by atoms with Gasteiger partial charge in [0.1, 0.15) is 4.91 Å². The topological polar surface area (TPSA) is 79.3 Å². The minimum Gasteiger partial charge on any atom is -0.385 e. The van der Waals surface area contributed by atoms with Crippen molar-refractivity contribution in [2.75, 3.05) is 32.2 Å². The smallest absolute Gasteiger partial charge is 0.284 e. The Hall–Kier alpha value is -2.27. The van der Waals surface area contributed by atoms with Crippen LogP contribution in [0.15, 0.2) is 78.7 Å². The zero-order valence-electron chi connectivity index (χ0n) is 17.0. The minimum atomic E-state index is -3.95. The molecule has 162 valence electrons. The number of carbonyl (C=O) groups is 1. The third kappa shape index (κ3) is 4.38. The third-order valence-corrected chi connectivity index (χ3v) is 8.59. The quantitative estimate of drug-likeness (QED) is 0.465. The van der Waals surface area contributed by atoms with Crippen LogP contribution >= 0.6 is 23.5 Å². The molecule has 1 amide bonds. The molecule has 0 N–H and O–H groups in total. The van der Waals surface area contributed by atoms with Crippen molar-refractivity contribution in [2.24, 2.45) is 4.40 Å². The fourth-order valence-electron chi connectivity index (χ4n) is 3.22. The molecule has 7 nitrogen and oxygen atoms in total. The molecule has 4 rings (SSSR count). The summed E-state index contributed by atoms with van der Waals surface area (Å²) in [5.74, 6) is -0.245. The van der Waals surface area contributed by atoms with Crippen molar-refractivity contribution in [2.45, 2.75) is 16.2 Å². The van der Waals surface area contributed by atoms with Crippen LogP contribution in [0.3, 0.4) is 0 Å². The summed E-state index contributed by atoms with van der Waals surface area (Å²) in [6.45, 7) is 0.778. The Bertz CT molecular complexity index is 1160. The molecule has 0 atom stereocenters. The highest BCUT2D eigenvalue weighted by Crippen LogP contribution is 2.49. The highest BCUT2D eigenvalue weighted by molar-refractivity contribution is 8.19. The number of para-hydroxylation sites is 1. The van der Waals surface area contributed by atoms with E-state index < -0.39 is 10.0 Å². The molecular weight excluding hydrogens is 454 g/mol. The van der Waals surface area contributed by atoms with E-state index in [4.69, 9.17) is 4.74 Å². The number of carbonyl (C=O) groups excluding carboxylic acids is 1. The number of benzene rings is 2. The van der Waals surface area contributed by atoms with Crippen molar-refractivity contribution in [1.29, 1.82) is 0 Å². The lowest BCUT2D eigenvalue weighted by Gasteiger charge is -2.16. The Morgan fingerprint density at radius 3 is 2.45 bits per heavy atom. The molecule has 2 aromatic rings. The molecule has 31 heavy (non-hydrogen) atoms. The second kappa shape index (κ2) is 9.07. The summed E-state index contributed by atoms with van der Waals surface area (Å²) in [7, 11) is -0.455. The molecule has 2 heterocycles. The molecule has 0 unspecified atom stereocenters. The normalized spacial score (nSPS) is 20.1. The first-order valence-corrected chi connectivity index (χ1v) is 12.6. The molecule has 2 aliphatic heterocycles. The van der Waals surface area contributed by atoms with Crippen LogP contribution in [0.5, 0.6) is 0 Å². The van der Waals surface area contributed by atoms with Gasteiger partial charge in [0.15, 0.2) is 5.17 Å². The number of anilines is 1. The van der Waals surface area contributed by atoms with Gasteiger partial charge in [0.05, 0.1) is 15.6 Å². The molecule has 0 saturated carbocycles. The fourth-order valence-corrected chi connectivity index (χ4v) is 6.79. The highest BCUT2D eigenvalue weighted by atomic mass is 32.2. The number of amidine groups is 1. The molecule has 0 radical (unpaired) electrons. The lowest BCUT2D eigenvalue weighted by molar-refractivity contribution is -0.122. The largest absolute Gasteiger partial charge is 0.385 e. The molecule has 2 aromatic carbocycles. The van der Waals surface area contributed by atoms with Crippen LogP contribution in [0.25, 0.3) is 0 Å². The maximum Gasteiger partial charge on any atom is 0.284 e. The molecule has 0 aromatic heterocycles. The summed E-state index contributed by atoms with van der Waals surface area (Å²) >= 11 is 2.60. The summed E-state index contributed by atoms with van der Waals surface area (Å²) < 4.78 is 34.8. The van der Waals surface area contributed by atoms with Crippen molar-refractivity contribution in [1.82, 2.24) is 4.90 Å². The van der Waals surface area contributed by atoms with Gasteiger partial charge in [-0.2, -0.15) is 8.42 Å². The minimum absolute atomic E-state index is 0.0910. The van der Waals surface area contributed by atoms with Crippen LogP contribution in [0.4, 0.5) is 5.69 Å². The number of ether oxygens (including phenoxy) is 1. The second-order valence-electron chi connectivity index (χ2n) is 6.83. The first-order chi connectivity index (χ1) is 14.9. The first-order valence-electron chi connectivity index (χ1n) is 9.56. The van der Waals surface area contributed by atoms with E-state index >= 15 is 0 Å². The molecule has 1 saturated heterocycles. The Morgan fingerprint density at radius 2 is 1.74 bits per heavy atom. The van der Waals surface area contributed by atoms with Gasteiger partial charge in [-0.25, -0.2) is 0 Å². The van der Waals surface area contributed by atoms with Gasteiger partial charge in [0, 0.05) is 32.2 Å². The number of thioether (sulfide) groups is 2. The number of fused-ring (bicyclic) bond motifs is 1. The summed E-state index contributed by atoms with van der Waals surface area (Å²) in [6.07, 6.45) is 0.568. The van der Waals surface area contributed by atoms with Crippen molar-refractivity contribution in [3.8, 4) is 0 Å². The Morgan fingerprint density at radius 1 is 1.03 bits per heavy atom. The molecule has 0 bridgehead atoms. The summed E-state index contributed by atoms with van der Waals surface area (Å²) in [5, 5.41) is 0.938. The Balaban J connectivity index is 1.72. The summed E-state index contributed by atoms with van der Waals surface area (Å²) in [6, 6.07) is 15.9. The van der Waals surface area contributed by atoms with E-state index in [-0.39, 0.29) is 16.0 Å². The van der Waals surface area contributed by atoms with Crippen LogP contribution in [-0.4, -0.2) is 51.7 Å². The van der Waals surface area contributed by atoms with Crippen molar-refractivity contribution < 1.29 is 17.9 Å². The summed E-state index contributed by atoms with van der Waals surface area (Å²) in [5.41, 5.74) is 1.01. The van der Waals surface area contributed by atoms with E-state index in [0.717, 1.165) is 27.4 Å². The molecule has 0 aliphatic carbocycles. The van der Waals surface area contributed by atoms with Gasteiger partial charge < -0.3 is 9.64 Å². The fraction of sp³-hybridized carbons (Fsp3) is 0.238. The standard InChI is InChI=1S/C21H21N3O4S3/c1-23-16-11-6-7-12-17(16)29-20(23)18-19(25)24(13-8-14-28-2)21(30-18)22-31(26,27)15-9-4-3-5-10-15/h3-7,9-12H,8,13-14H2,1-2H3/b20-18+,22-21+. The third-order valence-electron chi connectivity index (χ3n) is 4.77. The number of methoxy groups -OCH3 is 1. The van der Waals surface area contributed by atoms with Crippen molar-refractivity contribution >= 4 is 50.3 Å². The molecule has 0 spiro atoms. The van der Waals surface area contributed by atoms with Crippen LogP contribution in [-0.2, 0) is 19.6 Å². The molecule has 10 heteroatoms. The number of amides is 1. The predicted octanol–water partition coefficient (Wildman–Crippen LogP) is 3.75. The first kappa shape index (κ1) is 21.9. The van der Waals surface area contributed by atoms with Gasteiger partial charge in [-0.1, -0.05) is 42.1 Å². The van der Waals surface area contributed by atoms with Gasteiger partial charge in [0.2, 0.25) is 0 Å². The number of rotatable bonds is 6. The average molecular weight is 476 g/mol. The van der Waals surface area contributed by atoms with E-state index in [0.29, 0.717) is 24.5 Å². The lowest BCUT2D eigenvalue weighted by Crippen LogP contribution is -2.31. The lowest BCUT2D eigenvalue weighted by atomic mass is 10.3. The van der Waals surface area contributed by atoms with Crippen LogP contribution in [0, 0.1) is 0 Å². The van der Waals surface area contributed by atoms with Gasteiger partial charge in [-0.15, -0.1) is 4.40 Å². The summed E-state index contributed by atoms with van der Waals surface area (Å²) in [4.78, 5) is 18.3. The maximum atomic E-state index is 13.3. The Labute approximate surface area is 190 Å². The van der Waals surface area contributed by atoms with E-state index in [1.54, 1.807) is 25.3 Å². The predicted molar refractivity (Wildman–Crippen MR) is 125 cm³/mol. The van der Waals surface area contributed by atoms with Crippen LogP contribution < -0.4 is 4.90 Å². The van der Waals surface area contributed by atoms with E-state index in [2.05, 4.69) is 4.40 Å². The van der Waals surface area contributed by atoms with Crippen molar-refractivity contribution in [3.05, 3.63) is 64.5 Å². The van der Waals surface area contributed by atoms with Gasteiger partial charge in [-0.3, -0.25) is 9.69 Å². The van der Waals surface area contributed by atoms with E-state index in [1.807, 2.05) is 36.2 Å². The van der Waals surface area contributed by atoms with E-state index in [9.17, 15) is 13.2 Å². The van der Waals surface area contributed by atoms with Crippen LogP contribution in [0.2, 0.25) is 0 Å². The highest BCUT2D eigenvalue weighted by Gasteiger charge is 2.39. The average Bonchev–Trinajstić information content (AvgIpc) is 3.26. The molecule has 1 fully saturated rings. The SMILES string of the molecule is COCCCN1C(=O)/C(=C2\Sc3ccccc3N2C)S/C1=N/S(=O)(=O)c1ccccc1. The number of sulfonamides is 1. The second-order valence-corrected chi connectivity index (χ2v) is 10.4. The molecular formula is C21H21N3O4S3. The molecule has 2 aliphatic rings. The number of nitrogens with zero attached hydrogens (tertiary/aromatic N) is 3. The monoisotopic (exact) mass is 475 g/mol. The zero-order valence-corrected chi connectivity index (χ0v) is 19.5. The number of hydrogen-bond donors (Lipinski definition) is 0.